The van der Waals surface area contributed by atoms with Gasteiger partial charge in [0.15, 0.2) is 0 Å². The van der Waals surface area contributed by atoms with Crippen molar-refractivity contribution in [2.24, 2.45) is 5.92 Å². The van der Waals surface area contributed by atoms with E-state index in [1.54, 1.807) is 11.1 Å². The minimum atomic E-state index is 0.0707. The number of hydrogen-bond acceptors (Lipinski definition) is 5. The van der Waals surface area contributed by atoms with Crippen molar-refractivity contribution in [3.63, 3.8) is 0 Å². The maximum absolute atomic E-state index is 9.25. The van der Waals surface area contributed by atoms with Gasteiger partial charge < -0.3 is 4.98 Å². The van der Waals surface area contributed by atoms with Crippen molar-refractivity contribution in [1.82, 2.24) is 29.9 Å². The van der Waals surface area contributed by atoms with Gasteiger partial charge in [-0.2, -0.15) is 20.3 Å². The van der Waals surface area contributed by atoms with Crippen LogP contribution in [0.5, 0.6) is 0 Å². The van der Waals surface area contributed by atoms with Crippen molar-refractivity contribution in [1.29, 1.82) is 5.26 Å². The topological polar surface area (TPSA) is 96.1 Å². The molecule has 7 heteroatoms. The molecule has 0 saturated heterocycles. The number of hydrogen-bond donors (Lipinski definition) is 1. The van der Waals surface area contributed by atoms with Crippen LogP contribution in [0, 0.1) is 17.2 Å². The molecule has 1 unspecified atom stereocenters. The molecule has 0 spiro atoms. The van der Waals surface area contributed by atoms with Crippen LogP contribution in [0.1, 0.15) is 49.4 Å². The van der Waals surface area contributed by atoms with Crippen LogP contribution in [-0.2, 0) is 6.42 Å². The lowest BCUT2D eigenvalue weighted by atomic mass is 9.96. The van der Waals surface area contributed by atoms with Gasteiger partial charge in [0.2, 0.25) is 0 Å². The fourth-order valence-electron chi connectivity index (χ4n) is 4.20. The highest BCUT2D eigenvalue weighted by Gasteiger charge is 2.31. The predicted octanol–water partition coefficient (Wildman–Crippen LogP) is 2.77. The molecule has 0 radical (unpaired) electrons. The highest BCUT2D eigenvalue weighted by atomic mass is 15.5. The fraction of sp³-hybridized carbons (Fsp3) is 0.471. The molecule has 0 aliphatic heterocycles. The highest BCUT2D eigenvalue weighted by molar-refractivity contribution is 5.95. The quantitative estimate of drug-likeness (QED) is 0.626. The Morgan fingerprint density at radius 2 is 2.12 bits per heavy atom. The molecular weight excluding hydrogens is 302 g/mol. The number of nitrogens with one attached hydrogen (secondary N) is 1. The van der Waals surface area contributed by atoms with E-state index in [9.17, 15) is 5.26 Å². The summed E-state index contributed by atoms with van der Waals surface area (Å²) in [6.07, 6.45) is 9.55. The number of aromatic nitrogens is 6. The molecule has 1 atom stereocenters. The van der Waals surface area contributed by atoms with Crippen molar-refractivity contribution in [3.05, 3.63) is 23.8 Å². The standard InChI is InChI=1S/C17H17N7/c18-6-5-13(10-3-1-2-4-10)24-22-12-7-11-8-19-17-14(11)16(15(12)23-24)20-9-21-17/h8-10,13H,1-5,7H2,(H,19,20,21). The lowest BCUT2D eigenvalue weighted by Crippen LogP contribution is -2.19. The van der Waals surface area contributed by atoms with E-state index in [0.717, 1.165) is 52.9 Å². The van der Waals surface area contributed by atoms with Crippen LogP contribution < -0.4 is 0 Å². The molecule has 0 amide bonds. The molecular formula is C17H17N7. The van der Waals surface area contributed by atoms with Gasteiger partial charge in [-0.3, -0.25) is 0 Å². The average molecular weight is 319 g/mol. The summed E-state index contributed by atoms with van der Waals surface area (Å²) in [5, 5.41) is 19.8. The van der Waals surface area contributed by atoms with Crippen molar-refractivity contribution < 1.29 is 0 Å². The summed E-state index contributed by atoms with van der Waals surface area (Å²) in [6.45, 7) is 0. The Morgan fingerprint density at radius 1 is 1.25 bits per heavy atom. The lowest BCUT2D eigenvalue weighted by molar-refractivity contribution is 0.286. The van der Waals surface area contributed by atoms with Crippen LogP contribution in [0.3, 0.4) is 0 Å². The van der Waals surface area contributed by atoms with E-state index >= 15 is 0 Å². The van der Waals surface area contributed by atoms with E-state index in [1.165, 1.54) is 12.8 Å². The molecule has 3 aromatic rings. The highest BCUT2D eigenvalue weighted by Crippen LogP contribution is 2.38. The first kappa shape index (κ1) is 13.7. The van der Waals surface area contributed by atoms with E-state index < -0.39 is 0 Å². The monoisotopic (exact) mass is 319 g/mol. The SMILES string of the molecule is N#CCC(C1CCCC1)n1nc2c(n1)-c1ncnc3[nH]cc(c13)C2. The smallest absolute Gasteiger partial charge is 0.141 e. The summed E-state index contributed by atoms with van der Waals surface area (Å²) in [6, 6.07) is 2.39. The third-order valence-corrected chi connectivity index (χ3v) is 5.37. The second-order valence-electron chi connectivity index (χ2n) is 6.73. The molecule has 3 aromatic heterocycles. The van der Waals surface area contributed by atoms with Gasteiger partial charge in [-0.1, -0.05) is 12.8 Å². The van der Waals surface area contributed by atoms with Crippen LogP contribution >= 0.6 is 0 Å². The van der Waals surface area contributed by atoms with Gasteiger partial charge in [0, 0.05) is 12.6 Å². The summed E-state index contributed by atoms with van der Waals surface area (Å²) in [5.41, 5.74) is 4.65. The van der Waals surface area contributed by atoms with Crippen molar-refractivity contribution in [3.8, 4) is 17.5 Å². The van der Waals surface area contributed by atoms with Gasteiger partial charge in [-0.15, -0.1) is 0 Å². The van der Waals surface area contributed by atoms with Gasteiger partial charge in [0.25, 0.3) is 0 Å². The van der Waals surface area contributed by atoms with Gasteiger partial charge in [0.05, 0.1) is 29.6 Å². The average Bonchev–Trinajstić information content (AvgIpc) is 3.33. The molecule has 2 aliphatic rings. The zero-order valence-electron chi connectivity index (χ0n) is 13.2. The van der Waals surface area contributed by atoms with Gasteiger partial charge in [-0.25, -0.2) is 9.97 Å². The third kappa shape index (κ3) is 1.89. The summed E-state index contributed by atoms with van der Waals surface area (Å²) in [5.74, 6) is 0.503. The molecule has 120 valence electrons. The zero-order valence-corrected chi connectivity index (χ0v) is 13.2. The maximum Gasteiger partial charge on any atom is 0.141 e. The molecule has 5 rings (SSSR count). The summed E-state index contributed by atoms with van der Waals surface area (Å²) in [4.78, 5) is 13.7. The number of H-pyrrole nitrogens is 1. The van der Waals surface area contributed by atoms with Gasteiger partial charge in [-0.05, 0) is 24.3 Å². The van der Waals surface area contributed by atoms with E-state index in [1.807, 2.05) is 6.20 Å². The first-order valence-corrected chi connectivity index (χ1v) is 8.49. The van der Waals surface area contributed by atoms with E-state index in [0.29, 0.717) is 12.3 Å². The van der Waals surface area contributed by atoms with Crippen LogP contribution in [0.4, 0.5) is 0 Å². The molecule has 3 heterocycles. The number of nitrogens with zero attached hydrogens (tertiary/aromatic N) is 6. The third-order valence-electron chi connectivity index (χ3n) is 5.37. The Bertz CT molecular complexity index is 955. The first-order valence-electron chi connectivity index (χ1n) is 8.49. The Morgan fingerprint density at radius 3 is 2.96 bits per heavy atom. The van der Waals surface area contributed by atoms with E-state index in [4.69, 9.17) is 10.2 Å². The predicted molar refractivity (Wildman–Crippen MR) is 86.9 cm³/mol. The first-order chi connectivity index (χ1) is 11.8. The van der Waals surface area contributed by atoms with Crippen LogP contribution in [0.15, 0.2) is 12.5 Å². The molecule has 1 N–H and O–H groups in total. The molecule has 0 aromatic carbocycles. The summed E-state index contributed by atoms with van der Waals surface area (Å²) in [7, 11) is 0. The zero-order chi connectivity index (χ0) is 16.1. The molecule has 1 fully saturated rings. The molecule has 2 aliphatic carbocycles. The Kier molecular flexibility index (Phi) is 2.92. The number of fused-ring (bicyclic) bond motifs is 2. The number of nitriles is 1. The Labute approximate surface area is 138 Å². The minimum absolute atomic E-state index is 0.0707. The maximum atomic E-state index is 9.25. The van der Waals surface area contributed by atoms with Gasteiger partial charge >= 0.3 is 0 Å². The Hall–Kier alpha value is -2.75. The summed E-state index contributed by atoms with van der Waals surface area (Å²) >= 11 is 0. The van der Waals surface area contributed by atoms with E-state index in [2.05, 4.69) is 21.0 Å². The van der Waals surface area contributed by atoms with Crippen molar-refractivity contribution in [2.45, 2.75) is 44.6 Å². The van der Waals surface area contributed by atoms with Gasteiger partial charge in [0.1, 0.15) is 23.4 Å². The largest absolute Gasteiger partial charge is 0.346 e. The minimum Gasteiger partial charge on any atom is -0.346 e. The Balaban J connectivity index is 1.61. The van der Waals surface area contributed by atoms with Crippen molar-refractivity contribution in [2.75, 3.05) is 0 Å². The second kappa shape index (κ2) is 5.13. The normalized spacial score (nSPS) is 17.8. The van der Waals surface area contributed by atoms with E-state index in [-0.39, 0.29) is 6.04 Å². The fourth-order valence-corrected chi connectivity index (χ4v) is 4.20. The molecule has 0 bridgehead atoms. The molecule has 1 saturated carbocycles. The van der Waals surface area contributed by atoms with Crippen LogP contribution in [-0.4, -0.2) is 29.9 Å². The van der Waals surface area contributed by atoms with Crippen LogP contribution in [0.2, 0.25) is 0 Å². The number of aromatic amines is 1. The lowest BCUT2D eigenvalue weighted by Gasteiger charge is -2.19. The van der Waals surface area contributed by atoms with Crippen LogP contribution in [0.25, 0.3) is 22.4 Å². The molecule has 24 heavy (non-hydrogen) atoms. The number of rotatable bonds is 3. The molecule has 7 nitrogen and oxygen atoms in total. The second-order valence-corrected chi connectivity index (χ2v) is 6.73. The summed E-state index contributed by atoms with van der Waals surface area (Å²) < 4.78 is 0. The van der Waals surface area contributed by atoms with Crippen molar-refractivity contribution >= 4 is 11.0 Å².